The number of guanidine groups is 1. The summed E-state index contributed by atoms with van der Waals surface area (Å²) >= 11 is 0. The third-order valence-electron chi connectivity index (χ3n) is 3.00. The van der Waals surface area contributed by atoms with E-state index in [1.54, 1.807) is 25.1 Å². The van der Waals surface area contributed by atoms with E-state index in [4.69, 9.17) is 0 Å². The Bertz CT molecular complexity index is 587. The average Bonchev–Trinajstić information content (AvgIpc) is 2.82. The summed E-state index contributed by atoms with van der Waals surface area (Å²) in [5.74, 6) is 0.895. The quantitative estimate of drug-likeness (QED) is 0.741. The first-order valence-corrected chi connectivity index (χ1v) is 8.03. The minimum Gasteiger partial charge on any atom is -0.352 e. The fourth-order valence-electron chi connectivity index (χ4n) is 1.86. The summed E-state index contributed by atoms with van der Waals surface area (Å²) in [4.78, 5) is 4.67. The van der Waals surface area contributed by atoms with Crippen LogP contribution in [-0.4, -0.2) is 32.7 Å². The summed E-state index contributed by atoms with van der Waals surface area (Å²) in [6, 6.07) is 7.38. The van der Waals surface area contributed by atoms with Crippen molar-refractivity contribution in [1.29, 1.82) is 0 Å². The minimum absolute atomic E-state index is 0. The average molecular weight is 409 g/mol. The Labute approximate surface area is 137 Å². The van der Waals surface area contributed by atoms with E-state index >= 15 is 0 Å². The molecule has 1 atom stereocenters. The number of hydrogen-bond acceptors (Lipinski definition) is 5. The minimum atomic E-state index is -3.14. The third-order valence-corrected chi connectivity index (χ3v) is 4.74. The van der Waals surface area contributed by atoms with E-state index in [1.807, 2.05) is 6.07 Å². The van der Waals surface area contributed by atoms with Crippen LogP contribution in [0, 0.1) is 0 Å². The number of halogens is 1. The molecular formula is C13H20IN3O2S. The van der Waals surface area contributed by atoms with Crippen LogP contribution in [0.4, 0.5) is 0 Å². The van der Waals surface area contributed by atoms with Gasteiger partial charge in [-0.05, 0) is 24.6 Å². The van der Waals surface area contributed by atoms with Gasteiger partial charge in [-0.25, -0.2) is 8.42 Å². The molecule has 1 aromatic carbocycles. The van der Waals surface area contributed by atoms with Gasteiger partial charge in [0.25, 0.3) is 0 Å². The fraction of sp³-hybridized carbons (Fsp3) is 0.462. The summed E-state index contributed by atoms with van der Waals surface area (Å²) in [7, 11) is -3.14. The molecule has 2 N–H and O–H groups in total. The van der Waals surface area contributed by atoms with Crippen LogP contribution in [0.5, 0.6) is 0 Å². The number of aliphatic imine (C=N–C) groups is 1. The van der Waals surface area contributed by atoms with Crippen LogP contribution < -0.4 is 10.6 Å². The van der Waals surface area contributed by atoms with Crippen molar-refractivity contribution in [2.75, 3.05) is 12.3 Å². The second-order valence-electron chi connectivity index (χ2n) is 4.64. The molecule has 1 aromatic rings. The highest BCUT2D eigenvalue weighted by Gasteiger charge is 2.13. The van der Waals surface area contributed by atoms with Crippen molar-refractivity contribution in [1.82, 2.24) is 10.6 Å². The third kappa shape index (κ3) is 4.34. The maximum absolute atomic E-state index is 11.8. The first kappa shape index (κ1) is 17.2. The highest BCUT2D eigenvalue weighted by Crippen LogP contribution is 2.13. The Morgan fingerprint density at radius 2 is 2.20 bits per heavy atom. The molecule has 1 unspecified atom stereocenters. The number of sulfone groups is 1. The zero-order chi connectivity index (χ0) is 13.9. The lowest BCUT2D eigenvalue weighted by Crippen LogP contribution is -2.37. The summed E-state index contributed by atoms with van der Waals surface area (Å²) < 4.78 is 23.6. The molecular weight excluding hydrogens is 389 g/mol. The molecule has 20 heavy (non-hydrogen) atoms. The van der Waals surface area contributed by atoms with Crippen molar-refractivity contribution < 1.29 is 8.42 Å². The Balaban J connectivity index is 0.00000200. The predicted molar refractivity (Wildman–Crippen MR) is 91.3 cm³/mol. The predicted octanol–water partition coefficient (Wildman–Crippen LogP) is 1.54. The van der Waals surface area contributed by atoms with Crippen molar-refractivity contribution in [3.63, 3.8) is 0 Å². The zero-order valence-corrected chi connectivity index (χ0v) is 14.7. The molecule has 2 rings (SSSR count). The highest BCUT2D eigenvalue weighted by atomic mass is 127. The van der Waals surface area contributed by atoms with Gasteiger partial charge in [0, 0.05) is 12.6 Å². The maximum atomic E-state index is 11.8. The van der Waals surface area contributed by atoms with Gasteiger partial charge < -0.3 is 10.6 Å². The molecule has 1 heterocycles. The van der Waals surface area contributed by atoms with Crippen molar-refractivity contribution in [3.05, 3.63) is 29.8 Å². The van der Waals surface area contributed by atoms with Crippen LogP contribution in [0.3, 0.4) is 0 Å². The number of rotatable bonds is 4. The SMILES string of the molecule is CCS(=O)(=O)c1cccc(CNC2=NCC(C)N2)c1.I. The molecule has 1 aliphatic heterocycles. The number of hydrogen-bond donors (Lipinski definition) is 2. The van der Waals surface area contributed by atoms with Gasteiger partial charge in [-0.2, -0.15) is 0 Å². The molecule has 1 aliphatic rings. The van der Waals surface area contributed by atoms with E-state index in [0.717, 1.165) is 18.1 Å². The number of benzene rings is 1. The maximum Gasteiger partial charge on any atom is 0.191 e. The fourth-order valence-corrected chi connectivity index (χ4v) is 2.81. The largest absolute Gasteiger partial charge is 0.352 e. The summed E-state index contributed by atoms with van der Waals surface area (Å²) in [5, 5.41) is 6.37. The highest BCUT2D eigenvalue weighted by molar-refractivity contribution is 14.0. The molecule has 0 aliphatic carbocycles. The molecule has 0 saturated heterocycles. The molecule has 0 spiro atoms. The second kappa shape index (κ2) is 7.26. The van der Waals surface area contributed by atoms with E-state index in [1.165, 1.54) is 0 Å². The Kier molecular flexibility index (Phi) is 6.25. The van der Waals surface area contributed by atoms with Crippen LogP contribution in [-0.2, 0) is 16.4 Å². The molecule has 0 bridgehead atoms. The number of nitrogens with zero attached hydrogens (tertiary/aromatic N) is 1. The lowest BCUT2D eigenvalue weighted by Gasteiger charge is -2.09. The van der Waals surface area contributed by atoms with Crippen molar-refractivity contribution >= 4 is 39.8 Å². The van der Waals surface area contributed by atoms with E-state index in [9.17, 15) is 8.42 Å². The van der Waals surface area contributed by atoms with Gasteiger partial charge in [-0.15, -0.1) is 24.0 Å². The number of nitrogens with one attached hydrogen (secondary N) is 2. The smallest absolute Gasteiger partial charge is 0.191 e. The summed E-state index contributed by atoms with van der Waals surface area (Å²) in [5.41, 5.74) is 0.929. The Hall–Kier alpha value is -0.830. The molecule has 0 radical (unpaired) electrons. The standard InChI is InChI=1S/C13H19N3O2S.HI/c1-3-19(17,18)12-6-4-5-11(7-12)9-15-13-14-8-10(2)16-13;/h4-7,10H,3,8-9H2,1-2H3,(H2,14,15,16);1H. The van der Waals surface area contributed by atoms with Crippen molar-refractivity contribution in [3.8, 4) is 0 Å². The zero-order valence-electron chi connectivity index (χ0n) is 11.6. The molecule has 5 nitrogen and oxygen atoms in total. The van der Waals surface area contributed by atoms with Crippen molar-refractivity contribution in [2.45, 2.75) is 31.3 Å². The summed E-state index contributed by atoms with van der Waals surface area (Å²) in [6.45, 7) is 5.05. The van der Waals surface area contributed by atoms with Crippen LogP contribution in [0.1, 0.15) is 19.4 Å². The first-order chi connectivity index (χ1) is 9.01. The van der Waals surface area contributed by atoms with Gasteiger partial charge in [-0.1, -0.05) is 19.1 Å². The van der Waals surface area contributed by atoms with Crippen LogP contribution in [0.2, 0.25) is 0 Å². The van der Waals surface area contributed by atoms with E-state index in [-0.39, 0.29) is 29.7 Å². The molecule has 0 aromatic heterocycles. The lowest BCUT2D eigenvalue weighted by atomic mass is 10.2. The second-order valence-corrected chi connectivity index (χ2v) is 6.92. The van der Waals surface area contributed by atoms with E-state index in [2.05, 4.69) is 22.5 Å². The van der Waals surface area contributed by atoms with E-state index < -0.39 is 9.84 Å². The van der Waals surface area contributed by atoms with Crippen LogP contribution in [0.15, 0.2) is 34.2 Å². The first-order valence-electron chi connectivity index (χ1n) is 6.38. The van der Waals surface area contributed by atoms with Crippen molar-refractivity contribution in [2.24, 2.45) is 4.99 Å². The summed E-state index contributed by atoms with van der Waals surface area (Å²) in [6.07, 6.45) is 0. The van der Waals surface area contributed by atoms with Gasteiger partial charge in [0.1, 0.15) is 0 Å². The molecule has 0 fully saturated rings. The topological polar surface area (TPSA) is 70.6 Å². The molecule has 7 heteroatoms. The van der Waals surface area contributed by atoms with Crippen LogP contribution >= 0.6 is 24.0 Å². The van der Waals surface area contributed by atoms with Crippen LogP contribution in [0.25, 0.3) is 0 Å². The van der Waals surface area contributed by atoms with Gasteiger partial charge in [0.2, 0.25) is 0 Å². The lowest BCUT2D eigenvalue weighted by molar-refractivity contribution is 0.597. The van der Waals surface area contributed by atoms with E-state index in [0.29, 0.717) is 17.5 Å². The monoisotopic (exact) mass is 409 g/mol. The normalized spacial score (nSPS) is 17.9. The van der Waals surface area contributed by atoms with Gasteiger partial charge in [0.05, 0.1) is 17.2 Å². The molecule has 112 valence electrons. The Morgan fingerprint density at radius 3 is 2.80 bits per heavy atom. The Morgan fingerprint density at radius 1 is 1.45 bits per heavy atom. The van der Waals surface area contributed by atoms with Gasteiger partial charge in [-0.3, -0.25) is 4.99 Å². The van der Waals surface area contributed by atoms with Gasteiger partial charge >= 0.3 is 0 Å². The van der Waals surface area contributed by atoms with Gasteiger partial charge in [0.15, 0.2) is 15.8 Å². The molecule has 0 saturated carbocycles. The molecule has 0 amide bonds.